The molecule has 0 heterocycles. The molecule has 0 aliphatic rings. The van der Waals surface area contributed by atoms with E-state index in [-0.39, 0.29) is 12.5 Å². The number of hydrogen-bond acceptors (Lipinski definition) is 2. The zero-order valence-corrected chi connectivity index (χ0v) is 14.8. The number of benzene rings is 1. The molecule has 0 aliphatic carbocycles. The fourth-order valence-corrected chi connectivity index (χ4v) is 2.55. The lowest BCUT2D eigenvalue weighted by Crippen LogP contribution is -2.33. The molecule has 0 aliphatic heterocycles. The van der Waals surface area contributed by atoms with E-state index < -0.39 is 0 Å². The number of nitrogens with one attached hydrogen (secondary N) is 1. The molecular formula is C19H31NO2. The fourth-order valence-electron chi connectivity index (χ4n) is 2.55. The summed E-state index contributed by atoms with van der Waals surface area (Å²) < 4.78 is 5.70. The van der Waals surface area contributed by atoms with E-state index in [0.717, 1.165) is 29.8 Å². The number of carbonyl (C=O) groups excluding carboxylic acids is 1. The highest BCUT2D eigenvalue weighted by Crippen LogP contribution is 2.23. The number of unbranched alkanes of at least 4 members (excludes halogenated alkanes) is 1. The van der Waals surface area contributed by atoms with Crippen LogP contribution in [0.4, 0.5) is 0 Å². The van der Waals surface area contributed by atoms with Gasteiger partial charge in [-0.3, -0.25) is 4.79 Å². The Kier molecular flexibility index (Phi) is 8.00. The van der Waals surface area contributed by atoms with Gasteiger partial charge in [-0.25, -0.2) is 0 Å². The van der Waals surface area contributed by atoms with Gasteiger partial charge in [0.15, 0.2) is 6.61 Å². The zero-order valence-electron chi connectivity index (χ0n) is 14.8. The molecule has 0 saturated heterocycles. The Balaban J connectivity index is 2.43. The van der Waals surface area contributed by atoms with E-state index in [4.69, 9.17) is 4.74 Å². The van der Waals surface area contributed by atoms with Crippen LogP contribution in [0.2, 0.25) is 0 Å². The fraction of sp³-hybridized carbons (Fsp3) is 0.632. The first-order valence-electron chi connectivity index (χ1n) is 8.45. The van der Waals surface area contributed by atoms with Gasteiger partial charge in [0.25, 0.3) is 5.91 Å². The highest BCUT2D eigenvalue weighted by molar-refractivity contribution is 5.77. The van der Waals surface area contributed by atoms with Crippen molar-refractivity contribution in [2.45, 2.75) is 60.3 Å². The molecule has 1 amide bonds. The van der Waals surface area contributed by atoms with E-state index >= 15 is 0 Å². The van der Waals surface area contributed by atoms with Crippen molar-refractivity contribution in [1.29, 1.82) is 0 Å². The largest absolute Gasteiger partial charge is 0.483 e. The molecule has 0 radical (unpaired) electrons. The molecule has 1 N–H and O–H groups in total. The van der Waals surface area contributed by atoms with Crippen LogP contribution in [0.1, 0.15) is 56.2 Å². The van der Waals surface area contributed by atoms with E-state index in [1.807, 2.05) is 19.9 Å². The molecule has 0 unspecified atom stereocenters. The second kappa shape index (κ2) is 9.50. The van der Waals surface area contributed by atoms with Gasteiger partial charge in [0.2, 0.25) is 0 Å². The molecule has 1 rings (SSSR count). The first-order valence-corrected chi connectivity index (χ1v) is 8.45. The van der Waals surface area contributed by atoms with Crippen molar-refractivity contribution in [2.24, 2.45) is 5.92 Å². The third kappa shape index (κ3) is 6.08. The Labute approximate surface area is 135 Å². The Hall–Kier alpha value is -1.51. The minimum absolute atomic E-state index is 0.0338. The van der Waals surface area contributed by atoms with Crippen LogP contribution in [0, 0.1) is 26.7 Å². The lowest BCUT2D eigenvalue weighted by molar-refractivity contribution is -0.123. The summed E-state index contributed by atoms with van der Waals surface area (Å²) in [6.45, 7) is 11.4. The van der Waals surface area contributed by atoms with Crippen LogP contribution in [0.5, 0.6) is 5.75 Å². The highest BCUT2D eigenvalue weighted by atomic mass is 16.5. The van der Waals surface area contributed by atoms with Crippen LogP contribution in [-0.2, 0) is 4.79 Å². The van der Waals surface area contributed by atoms with Gasteiger partial charge >= 0.3 is 0 Å². The maximum atomic E-state index is 12.0. The van der Waals surface area contributed by atoms with Crippen LogP contribution in [0.3, 0.4) is 0 Å². The number of carbonyl (C=O) groups is 1. The quantitative estimate of drug-likeness (QED) is 0.737. The van der Waals surface area contributed by atoms with Crippen molar-refractivity contribution in [1.82, 2.24) is 5.32 Å². The summed E-state index contributed by atoms with van der Waals surface area (Å²) in [5.74, 6) is 1.35. The molecule has 3 heteroatoms. The SMILES string of the molecule is CCCC[C@@H](CC)CNC(=O)COc1cc(C)cc(C)c1C. The topological polar surface area (TPSA) is 38.3 Å². The molecule has 0 spiro atoms. The summed E-state index contributed by atoms with van der Waals surface area (Å²) in [7, 11) is 0. The van der Waals surface area contributed by atoms with Crippen molar-refractivity contribution in [2.75, 3.05) is 13.2 Å². The number of rotatable bonds is 9. The molecular weight excluding hydrogens is 274 g/mol. The number of hydrogen-bond donors (Lipinski definition) is 1. The minimum atomic E-state index is -0.0338. The summed E-state index contributed by atoms with van der Waals surface area (Å²) in [4.78, 5) is 12.0. The normalized spacial score (nSPS) is 12.0. The van der Waals surface area contributed by atoms with Gasteiger partial charge in [-0.15, -0.1) is 0 Å². The smallest absolute Gasteiger partial charge is 0.257 e. The average molecular weight is 305 g/mol. The third-order valence-electron chi connectivity index (χ3n) is 4.25. The van der Waals surface area contributed by atoms with Gasteiger partial charge in [-0.05, 0) is 55.9 Å². The number of ether oxygens (including phenoxy) is 1. The summed E-state index contributed by atoms with van der Waals surface area (Å²) in [6, 6.07) is 4.12. The summed E-state index contributed by atoms with van der Waals surface area (Å²) in [5, 5.41) is 3.00. The van der Waals surface area contributed by atoms with E-state index in [1.54, 1.807) is 0 Å². The van der Waals surface area contributed by atoms with Crippen LogP contribution in [0.25, 0.3) is 0 Å². The van der Waals surface area contributed by atoms with Crippen molar-refractivity contribution >= 4 is 5.91 Å². The van der Waals surface area contributed by atoms with Gasteiger partial charge < -0.3 is 10.1 Å². The Morgan fingerprint density at radius 2 is 1.95 bits per heavy atom. The van der Waals surface area contributed by atoms with Crippen LogP contribution in [0.15, 0.2) is 12.1 Å². The van der Waals surface area contributed by atoms with Crippen molar-refractivity contribution in [3.63, 3.8) is 0 Å². The highest BCUT2D eigenvalue weighted by Gasteiger charge is 2.10. The van der Waals surface area contributed by atoms with Gasteiger partial charge in [0.05, 0.1) is 0 Å². The first kappa shape index (κ1) is 18.5. The lowest BCUT2D eigenvalue weighted by Gasteiger charge is -2.16. The van der Waals surface area contributed by atoms with Gasteiger partial charge in [-0.2, -0.15) is 0 Å². The zero-order chi connectivity index (χ0) is 16.5. The van der Waals surface area contributed by atoms with E-state index in [9.17, 15) is 4.79 Å². The van der Waals surface area contributed by atoms with Crippen LogP contribution < -0.4 is 10.1 Å². The maximum Gasteiger partial charge on any atom is 0.257 e. The van der Waals surface area contributed by atoms with Crippen molar-refractivity contribution in [3.05, 3.63) is 28.8 Å². The molecule has 0 aromatic heterocycles. The average Bonchev–Trinajstić information content (AvgIpc) is 2.49. The maximum absolute atomic E-state index is 12.0. The molecule has 0 fully saturated rings. The predicted molar refractivity (Wildman–Crippen MR) is 92.5 cm³/mol. The standard InChI is InChI=1S/C19H31NO2/c1-6-8-9-17(7-2)12-20-19(21)13-22-18-11-14(3)10-15(4)16(18)5/h10-11,17H,6-9,12-13H2,1-5H3,(H,20,21)/t17-/m1/s1. The summed E-state index contributed by atoms with van der Waals surface area (Å²) >= 11 is 0. The number of aryl methyl sites for hydroxylation is 2. The van der Waals surface area contributed by atoms with Crippen LogP contribution >= 0.6 is 0 Å². The first-order chi connectivity index (χ1) is 10.5. The second-order valence-corrected chi connectivity index (χ2v) is 6.21. The Morgan fingerprint density at radius 3 is 2.59 bits per heavy atom. The van der Waals surface area contributed by atoms with E-state index in [0.29, 0.717) is 5.92 Å². The molecule has 1 atom stereocenters. The minimum Gasteiger partial charge on any atom is -0.483 e. The van der Waals surface area contributed by atoms with Gasteiger partial charge in [0, 0.05) is 6.54 Å². The summed E-state index contributed by atoms with van der Waals surface area (Å²) in [5.41, 5.74) is 3.46. The van der Waals surface area contributed by atoms with Crippen molar-refractivity contribution in [3.8, 4) is 5.75 Å². The molecule has 0 saturated carbocycles. The predicted octanol–water partition coefficient (Wildman–Crippen LogP) is 4.32. The van der Waals surface area contributed by atoms with Crippen molar-refractivity contribution < 1.29 is 9.53 Å². The molecule has 1 aromatic carbocycles. The molecule has 1 aromatic rings. The Morgan fingerprint density at radius 1 is 1.23 bits per heavy atom. The lowest BCUT2D eigenvalue weighted by atomic mass is 9.99. The number of amides is 1. The van der Waals surface area contributed by atoms with Gasteiger partial charge in [-0.1, -0.05) is 39.2 Å². The third-order valence-corrected chi connectivity index (χ3v) is 4.25. The molecule has 0 bridgehead atoms. The Bertz CT molecular complexity index is 483. The monoisotopic (exact) mass is 305 g/mol. The van der Waals surface area contributed by atoms with Gasteiger partial charge in [0.1, 0.15) is 5.75 Å². The second-order valence-electron chi connectivity index (χ2n) is 6.21. The molecule has 3 nitrogen and oxygen atoms in total. The molecule has 22 heavy (non-hydrogen) atoms. The molecule has 124 valence electrons. The van der Waals surface area contributed by atoms with Crippen LogP contribution in [-0.4, -0.2) is 19.1 Å². The van der Waals surface area contributed by atoms with E-state index in [2.05, 4.69) is 32.2 Å². The van der Waals surface area contributed by atoms with E-state index in [1.165, 1.54) is 24.8 Å². The summed E-state index contributed by atoms with van der Waals surface area (Å²) in [6.07, 6.45) is 4.73.